The third-order valence-electron chi connectivity index (χ3n) is 5.95. The number of rotatable bonds is 8. The maximum Gasteiger partial charge on any atom is 0.412 e. The van der Waals surface area contributed by atoms with E-state index in [1.807, 2.05) is 50.2 Å². The second-order valence-corrected chi connectivity index (χ2v) is 9.01. The first-order valence-corrected chi connectivity index (χ1v) is 11.4. The molecule has 3 N–H and O–H groups in total. The topological polar surface area (TPSA) is 123 Å². The quantitative estimate of drug-likeness (QED) is 0.452. The molecular formula is C26H28N4O5. The Balaban J connectivity index is 1.44. The average molecular weight is 477 g/mol. The van der Waals surface area contributed by atoms with Crippen LogP contribution in [-0.2, 0) is 16.6 Å². The lowest BCUT2D eigenvalue weighted by Crippen LogP contribution is -2.41. The Morgan fingerprint density at radius 2 is 1.66 bits per heavy atom. The smallest absolute Gasteiger partial charge is 0.412 e. The zero-order chi connectivity index (χ0) is 25.1. The molecule has 182 valence electrons. The van der Waals surface area contributed by atoms with E-state index in [-0.39, 0.29) is 36.2 Å². The van der Waals surface area contributed by atoms with Crippen LogP contribution < -0.4 is 10.6 Å². The van der Waals surface area contributed by atoms with Crippen LogP contribution in [0, 0.1) is 5.92 Å². The molecule has 2 aromatic carbocycles. The Morgan fingerprint density at radius 3 is 2.23 bits per heavy atom. The molecule has 0 radical (unpaired) electrons. The van der Waals surface area contributed by atoms with Gasteiger partial charge in [-0.3, -0.25) is 14.8 Å². The predicted molar refractivity (Wildman–Crippen MR) is 130 cm³/mol. The van der Waals surface area contributed by atoms with Crippen LogP contribution in [-0.4, -0.2) is 45.5 Å². The lowest BCUT2D eigenvalue weighted by atomic mass is 9.98. The van der Waals surface area contributed by atoms with E-state index in [1.54, 1.807) is 7.05 Å². The van der Waals surface area contributed by atoms with Crippen molar-refractivity contribution in [3.8, 4) is 11.1 Å². The third kappa shape index (κ3) is 5.18. The minimum Gasteiger partial charge on any atom is -0.480 e. The first-order chi connectivity index (χ1) is 16.7. The number of carboxylic acids is 1. The monoisotopic (exact) mass is 476 g/mol. The van der Waals surface area contributed by atoms with Crippen LogP contribution in [0.1, 0.15) is 47.7 Å². The number of nitrogens with zero attached hydrogens (tertiary/aromatic N) is 2. The molecule has 1 atom stereocenters. The number of amides is 2. The molecule has 0 fully saturated rings. The standard InChI is InChI=1S/C26H28N4O5/c1-15(2)12-22(25(32)33)27-24(31)20-13-30(3)29-23(20)28-26(34)35-14-21-18-10-6-4-8-16(18)17-9-5-7-11-19(17)21/h4-11,13,15,21-22H,12,14H2,1-3H3,(H,27,31)(H,32,33)(H,28,29,34)/t22-/m0/s1. The highest BCUT2D eigenvalue weighted by atomic mass is 16.5. The molecule has 1 aliphatic carbocycles. The second-order valence-electron chi connectivity index (χ2n) is 9.01. The lowest BCUT2D eigenvalue weighted by Gasteiger charge is -2.16. The number of fused-ring (bicyclic) bond motifs is 3. The number of benzene rings is 2. The maximum absolute atomic E-state index is 12.8. The van der Waals surface area contributed by atoms with Gasteiger partial charge in [-0.05, 0) is 34.6 Å². The Hall–Kier alpha value is -4.14. The van der Waals surface area contributed by atoms with Crippen molar-refractivity contribution < 1.29 is 24.2 Å². The van der Waals surface area contributed by atoms with Crippen molar-refractivity contribution in [3.05, 3.63) is 71.4 Å². The van der Waals surface area contributed by atoms with Gasteiger partial charge in [0.15, 0.2) is 5.82 Å². The largest absolute Gasteiger partial charge is 0.480 e. The number of anilines is 1. The molecule has 35 heavy (non-hydrogen) atoms. The van der Waals surface area contributed by atoms with Crippen LogP contribution in [0.2, 0.25) is 0 Å². The summed E-state index contributed by atoms with van der Waals surface area (Å²) in [6.07, 6.45) is 0.940. The molecule has 0 saturated carbocycles. The molecule has 3 aromatic rings. The van der Waals surface area contributed by atoms with Gasteiger partial charge >= 0.3 is 12.1 Å². The van der Waals surface area contributed by atoms with Gasteiger partial charge < -0.3 is 15.2 Å². The van der Waals surface area contributed by atoms with Crippen molar-refractivity contribution in [1.29, 1.82) is 0 Å². The Kier molecular flexibility index (Phi) is 6.86. The van der Waals surface area contributed by atoms with Gasteiger partial charge in [-0.2, -0.15) is 5.10 Å². The predicted octanol–water partition coefficient (Wildman–Crippen LogP) is 4.01. The van der Waals surface area contributed by atoms with Crippen LogP contribution in [0.15, 0.2) is 54.7 Å². The van der Waals surface area contributed by atoms with Crippen LogP contribution >= 0.6 is 0 Å². The first-order valence-electron chi connectivity index (χ1n) is 11.4. The maximum atomic E-state index is 12.8. The van der Waals surface area contributed by atoms with Crippen molar-refractivity contribution in [2.75, 3.05) is 11.9 Å². The summed E-state index contributed by atoms with van der Waals surface area (Å²) >= 11 is 0. The summed E-state index contributed by atoms with van der Waals surface area (Å²) in [5.74, 6) is -1.80. The van der Waals surface area contributed by atoms with Gasteiger partial charge in [0.2, 0.25) is 0 Å². The molecule has 9 nitrogen and oxygen atoms in total. The summed E-state index contributed by atoms with van der Waals surface area (Å²) in [6.45, 7) is 3.86. The number of carboxylic acid groups (broad SMARTS) is 1. The van der Waals surface area contributed by atoms with E-state index < -0.39 is 24.0 Å². The zero-order valence-corrected chi connectivity index (χ0v) is 19.8. The number of aryl methyl sites for hydroxylation is 1. The number of aliphatic carboxylic acids is 1. The number of ether oxygens (including phenoxy) is 1. The highest BCUT2D eigenvalue weighted by Gasteiger charge is 2.30. The van der Waals surface area contributed by atoms with E-state index in [0.29, 0.717) is 0 Å². The fourth-order valence-electron chi connectivity index (χ4n) is 4.41. The highest BCUT2D eigenvalue weighted by Crippen LogP contribution is 2.44. The Labute approximate surface area is 203 Å². The molecule has 1 heterocycles. The van der Waals surface area contributed by atoms with Crippen LogP contribution in [0.5, 0.6) is 0 Å². The molecule has 0 aliphatic heterocycles. The van der Waals surface area contributed by atoms with Crippen LogP contribution in [0.3, 0.4) is 0 Å². The number of carbonyl (C=O) groups is 3. The summed E-state index contributed by atoms with van der Waals surface area (Å²) in [5, 5.41) is 18.6. The Morgan fingerprint density at radius 1 is 1.06 bits per heavy atom. The molecule has 9 heteroatoms. The number of nitrogens with one attached hydrogen (secondary N) is 2. The van der Waals surface area contributed by atoms with Crippen molar-refractivity contribution in [1.82, 2.24) is 15.1 Å². The summed E-state index contributed by atoms with van der Waals surface area (Å²) in [6, 6.07) is 15.0. The van der Waals surface area contributed by atoms with Crippen molar-refractivity contribution in [2.24, 2.45) is 13.0 Å². The number of carbonyl (C=O) groups excluding carboxylic acids is 2. The van der Waals surface area contributed by atoms with Gasteiger partial charge in [-0.25, -0.2) is 9.59 Å². The van der Waals surface area contributed by atoms with E-state index in [9.17, 15) is 19.5 Å². The number of hydrogen-bond donors (Lipinski definition) is 3. The molecular weight excluding hydrogens is 448 g/mol. The fraction of sp³-hybridized carbons (Fsp3) is 0.308. The summed E-state index contributed by atoms with van der Waals surface area (Å²) in [5.41, 5.74) is 4.47. The zero-order valence-electron chi connectivity index (χ0n) is 19.8. The molecule has 1 aromatic heterocycles. The number of aromatic nitrogens is 2. The van der Waals surface area contributed by atoms with E-state index >= 15 is 0 Å². The lowest BCUT2D eigenvalue weighted by molar-refractivity contribution is -0.139. The summed E-state index contributed by atoms with van der Waals surface area (Å²) in [4.78, 5) is 37.0. The van der Waals surface area contributed by atoms with Gasteiger partial charge in [0.1, 0.15) is 18.2 Å². The van der Waals surface area contributed by atoms with E-state index in [4.69, 9.17) is 4.74 Å². The van der Waals surface area contributed by atoms with Gasteiger partial charge in [0.25, 0.3) is 5.91 Å². The molecule has 0 saturated heterocycles. The molecule has 2 amide bonds. The number of hydrogen-bond acceptors (Lipinski definition) is 5. The van der Waals surface area contributed by atoms with Crippen LogP contribution in [0.4, 0.5) is 10.6 Å². The van der Waals surface area contributed by atoms with Gasteiger partial charge in [-0.15, -0.1) is 0 Å². The second kappa shape index (κ2) is 10.0. The highest BCUT2D eigenvalue weighted by molar-refractivity contribution is 6.02. The first kappa shape index (κ1) is 24.0. The molecule has 0 spiro atoms. The SMILES string of the molecule is CC(C)C[C@H](NC(=O)c1cn(C)nc1NC(=O)OCC1c2ccccc2-c2ccccc21)C(=O)O. The average Bonchev–Trinajstić information content (AvgIpc) is 3.34. The van der Waals surface area contributed by atoms with E-state index in [0.717, 1.165) is 22.3 Å². The minimum atomic E-state index is -1.12. The van der Waals surface area contributed by atoms with Crippen molar-refractivity contribution >= 4 is 23.8 Å². The molecule has 0 bridgehead atoms. The van der Waals surface area contributed by atoms with Crippen LogP contribution in [0.25, 0.3) is 11.1 Å². The van der Waals surface area contributed by atoms with Crippen molar-refractivity contribution in [3.63, 3.8) is 0 Å². The minimum absolute atomic E-state index is 0.00379. The molecule has 0 unspecified atom stereocenters. The third-order valence-corrected chi connectivity index (χ3v) is 5.95. The van der Waals surface area contributed by atoms with Gasteiger partial charge in [0, 0.05) is 19.2 Å². The van der Waals surface area contributed by atoms with E-state index in [2.05, 4.69) is 27.9 Å². The molecule has 1 aliphatic rings. The summed E-state index contributed by atoms with van der Waals surface area (Å²) in [7, 11) is 1.60. The van der Waals surface area contributed by atoms with Crippen molar-refractivity contribution in [2.45, 2.75) is 32.2 Å². The van der Waals surface area contributed by atoms with Gasteiger partial charge in [-0.1, -0.05) is 62.4 Å². The fourth-order valence-corrected chi connectivity index (χ4v) is 4.41. The Bertz CT molecular complexity index is 1220. The van der Waals surface area contributed by atoms with Gasteiger partial charge in [0.05, 0.1) is 0 Å². The summed E-state index contributed by atoms with van der Waals surface area (Å²) < 4.78 is 6.90. The van der Waals surface area contributed by atoms with E-state index in [1.165, 1.54) is 10.9 Å². The normalized spacial score (nSPS) is 13.1. The molecule has 4 rings (SSSR count).